The highest BCUT2D eigenvalue weighted by Gasteiger charge is 2.27. The Balaban J connectivity index is 3.27. The Morgan fingerprint density at radius 3 is 2.59 bits per heavy atom. The summed E-state index contributed by atoms with van der Waals surface area (Å²) in [4.78, 5) is 0.127. The summed E-state index contributed by atoms with van der Waals surface area (Å²) < 4.78 is 25.8. The van der Waals surface area contributed by atoms with Gasteiger partial charge < -0.3 is 5.73 Å². The number of hydrogen-bond acceptors (Lipinski definition) is 3. The van der Waals surface area contributed by atoms with Crippen molar-refractivity contribution in [2.75, 3.05) is 13.6 Å². The normalized spacial score (nSPS) is 14.0. The Hall–Kier alpha value is -0.620. The van der Waals surface area contributed by atoms with Crippen molar-refractivity contribution in [2.45, 2.75) is 24.8 Å². The summed E-state index contributed by atoms with van der Waals surface area (Å²) >= 11 is 6.03. The Kier molecular flexibility index (Phi) is 4.55. The molecule has 96 valence electrons. The van der Waals surface area contributed by atoms with E-state index in [4.69, 9.17) is 17.3 Å². The van der Waals surface area contributed by atoms with Gasteiger partial charge in [0.05, 0.1) is 5.02 Å². The number of sulfonamides is 1. The van der Waals surface area contributed by atoms with E-state index in [0.29, 0.717) is 0 Å². The van der Waals surface area contributed by atoms with Gasteiger partial charge >= 0.3 is 0 Å². The van der Waals surface area contributed by atoms with Crippen molar-refractivity contribution in [3.63, 3.8) is 0 Å². The average Bonchev–Trinajstić information content (AvgIpc) is 2.30. The lowest BCUT2D eigenvalue weighted by Gasteiger charge is -2.23. The van der Waals surface area contributed by atoms with Gasteiger partial charge in [-0.1, -0.05) is 23.7 Å². The molecule has 0 saturated carbocycles. The molecule has 17 heavy (non-hydrogen) atoms. The SMILES string of the molecule is Cc1cccc(S(=O)(=O)N(C)[C@@H](C)CN)c1Cl. The first-order chi connectivity index (χ1) is 7.82. The van der Waals surface area contributed by atoms with Crippen LogP contribution >= 0.6 is 11.6 Å². The third-order valence-corrected chi connectivity index (χ3v) is 5.40. The molecule has 0 saturated heterocycles. The van der Waals surface area contributed by atoms with E-state index in [0.717, 1.165) is 5.56 Å². The minimum Gasteiger partial charge on any atom is -0.329 e. The van der Waals surface area contributed by atoms with Gasteiger partial charge in [0, 0.05) is 19.6 Å². The zero-order valence-corrected chi connectivity index (χ0v) is 11.7. The molecule has 1 atom stereocenters. The fourth-order valence-electron chi connectivity index (χ4n) is 1.36. The van der Waals surface area contributed by atoms with Crippen LogP contribution in [-0.2, 0) is 10.0 Å². The zero-order chi connectivity index (χ0) is 13.2. The van der Waals surface area contributed by atoms with Crippen LogP contribution < -0.4 is 5.73 Å². The molecule has 0 aromatic heterocycles. The lowest BCUT2D eigenvalue weighted by molar-refractivity contribution is 0.394. The third kappa shape index (κ3) is 2.80. The van der Waals surface area contributed by atoms with Crippen LogP contribution in [0.3, 0.4) is 0 Å². The maximum Gasteiger partial charge on any atom is 0.244 e. The standard InChI is InChI=1S/C11H17ClN2O2S/c1-8-5-4-6-10(11(8)12)17(15,16)14(3)9(2)7-13/h4-6,9H,7,13H2,1-3H3/t9-/m0/s1. The van der Waals surface area contributed by atoms with Gasteiger partial charge in [0.1, 0.15) is 4.90 Å². The maximum absolute atomic E-state index is 12.3. The molecule has 0 bridgehead atoms. The van der Waals surface area contributed by atoms with Crippen molar-refractivity contribution in [1.29, 1.82) is 0 Å². The van der Waals surface area contributed by atoms with Gasteiger partial charge in [0.25, 0.3) is 0 Å². The van der Waals surface area contributed by atoms with E-state index >= 15 is 0 Å². The highest BCUT2D eigenvalue weighted by atomic mass is 35.5. The van der Waals surface area contributed by atoms with Crippen molar-refractivity contribution < 1.29 is 8.42 Å². The Morgan fingerprint density at radius 1 is 1.47 bits per heavy atom. The number of nitrogens with zero attached hydrogens (tertiary/aromatic N) is 1. The van der Waals surface area contributed by atoms with Gasteiger partial charge in [-0.15, -0.1) is 0 Å². The van der Waals surface area contributed by atoms with E-state index in [1.807, 2.05) is 0 Å². The zero-order valence-electron chi connectivity index (χ0n) is 10.1. The second-order valence-corrected chi connectivity index (χ2v) is 6.34. The fraction of sp³-hybridized carbons (Fsp3) is 0.455. The predicted molar refractivity (Wildman–Crippen MR) is 69.7 cm³/mol. The first-order valence-electron chi connectivity index (χ1n) is 5.25. The number of benzene rings is 1. The number of halogens is 1. The lowest BCUT2D eigenvalue weighted by Crippen LogP contribution is -2.39. The van der Waals surface area contributed by atoms with Gasteiger partial charge in [-0.25, -0.2) is 8.42 Å². The molecule has 1 aromatic carbocycles. The van der Waals surface area contributed by atoms with Crippen LogP contribution in [0.1, 0.15) is 12.5 Å². The van der Waals surface area contributed by atoms with Crippen LogP contribution in [0.4, 0.5) is 0 Å². The van der Waals surface area contributed by atoms with Crippen molar-refractivity contribution in [3.8, 4) is 0 Å². The quantitative estimate of drug-likeness (QED) is 0.909. The Labute approximate surface area is 107 Å². The molecule has 0 aliphatic rings. The fourth-order valence-corrected chi connectivity index (χ4v) is 3.29. The Morgan fingerprint density at radius 2 is 2.06 bits per heavy atom. The summed E-state index contributed by atoms with van der Waals surface area (Å²) in [6.45, 7) is 3.79. The summed E-state index contributed by atoms with van der Waals surface area (Å²) in [6, 6.07) is 4.68. The van der Waals surface area contributed by atoms with Gasteiger partial charge in [0.2, 0.25) is 10.0 Å². The molecule has 0 unspecified atom stereocenters. The van der Waals surface area contributed by atoms with Crippen LogP contribution in [0.15, 0.2) is 23.1 Å². The van der Waals surface area contributed by atoms with Gasteiger partial charge in [-0.05, 0) is 25.5 Å². The first-order valence-corrected chi connectivity index (χ1v) is 7.07. The highest BCUT2D eigenvalue weighted by Crippen LogP contribution is 2.27. The molecule has 0 radical (unpaired) electrons. The molecule has 6 heteroatoms. The summed E-state index contributed by atoms with van der Waals surface area (Å²) in [6.07, 6.45) is 0. The molecule has 0 heterocycles. The largest absolute Gasteiger partial charge is 0.329 e. The molecule has 0 aliphatic carbocycles. The number of aryl methyl sites for hydroxylation is 1. The Bertz CT molecular complexity index is 502. The van der Waals surface area contributed by atoms with Crippen molar-refractivity contribution in [1.82, 2.24) is 4.31 Å². The van der Waals surface area contributed by atoms with Crippen molar-refractivity contribution in [3.05, 3.63) is 28.8 Å². The molecular weight excluding hydrogens is 260 g/mol. The molecule has 0 aliphatic heterocycles. The average molecular weight is 277 g/mol. The second kappa shape index (κ2) is 5.35. The van der Waals surface area contributed by atoms with E-state index in [-0.39, 0.29) is 22.5 Å². The molecule has 1 rings (SSSR count). The first kappa shape index (κ1) is 14.4. The predicted octanol–water partition coefficient (Wildman–Crippen LogP) is 1.62. The third-order valence-electron chi connectivity index (χ3n) is 2.78. The number of rotatable bonds is 4. The van der Waals surface area contributed by atoms with E-state index in [1.54, 1.807) is 26.0 Å². The molecule has 0 fully saturated rings. The van der Waals surface area contributed by atoms with E-state index in [2.05, 4.69) is 0 Å². The summed E-state index contributed by atoms with van der Waals surface area (Å²) in [5.41, 5.74) is 6.21. The van der Waals surface area contributed by atoms with Gasteiger partial charge in [-0.3, -0.25) is 0 Å². The van der Waals surface area contributed by atoms with Crippen LogP contribution in [0.25, 0.3) is 0 Å². The van der Waals surface area contributed by atoms with E-state index in [1.165, 1.54) is 17.4 Å². The van der Waals surface area contributed by atoms with Gasteiger partial charge in [-0.2, -0.15) is 4.31 Å². The number of nitrogens with two attached hydrogens (primary N) is 1. The maximum atomic E-state index is 12.3. The summed E-state index contributed by atoms with van der Waals surface area (Å²) in [7, 11) is -2.08. The minimum absolute atomic E-state index is 0.127. The van der Waals surface area contributed by atoms with Crippen LogP contribution in [-0.4, -0.2) is 32.4 Å². The molecule has 1 aromatic rings. The molecule has 2 N–H and O–H groups in total. The number of likely N-dealkylation sites (N-methyl/N-ethyl adjacent to an activating group) is 1. The van der Waals surface area contributed by atoms with Crippen LogP contribution in [0.2, 0.25) is 5.02 Å². The van der Waals surface area contributed by atoms with Crippen molar-refractivity contribution >= 4 is 21.6 Å². The summed E-state index contributed by atoms with van der Waals surface area (Å²) in [5.74, 6) is 0. The topological polar surface area (TPSA) is 63.4 Å². The summed E-state index contributed by atoms with van der Waals surface area (Å²) in [5, 5.41) is 0.267. The van der Waals surface area contributed by atoms with E-state index < -0.39 is 10.0 Å². The molecule has 0 amide bonds. The highest BCUT2D eigenvalue weighted by molar-refractivity contribution is 7.89. The molecule has 0 spiro atoms. The number of hydrogen-bond donors (Lipinski definition) is 1. The van der Waals surface area contributed by atoms with Crippen LogP contribution in [0, 0.1) is 6.92 Å². The van der Waals surface area contributed by atoms with Crippen LogP contribution in [0.5, 0.6) is 0 Å². The monoisotopic (exact) mass is 276 g/mol. The van der Waals surface area contributed by atoms with Gasteiger partial charge in [0.15, 0.2) is 0 Å². The molecular formula is C11H17ClN2O2S. The lowest BCUT2D eigenvalue weighted by atomic mass is 10.2. The smallest absolute Gasteiger partial charge is 0.244 e. The minimum atomic E-state index is -3.58. The molecule has 4 nitrogen and oxygen atoms in total. The van der Waals surface area contributed by atoms with Crippen molar-refractivity contribution in [2.24, 2.45) is 5.73 Å². The van der Waals surface area contributed by atoms with E-state index in [9.17, 15) is 8.42 Å². The second-order valence-electron chi connectivity index (χ2n) is 3.99.